The Bertz CT molecular complexity index is 807. The highest BCUT2D eigenvalue weighted by Crippen LogP contribution is 2.32. The molecule has 0 spiro atoms. The third-order valence-corrected chi connectivity index (χ3v) is 3.86. The summed E-state index contributed by atoms with van der Waals surface area (Å²) in [4.78, 5) is 12.1. The molecule has 0 aromatic heterocycles. The zero-order valence-corrected chi connectivity index (χ0v) is 13.8. The van der Waals surface area contributed by atoms with E-state index in [2.05, 4.69) is 10.6 Å². The number of hydrogen-bond donors (Lipinski definition) is 3. The maximum absolute atomic E-state index is 12.1. The zero-order chi connectivity index (χ0) is 17.2. The Labute approximate surface area is 144 Å². The number of amides is 2. The molecule has 0 saturated carbocycles. The molecule has 0 fully saturated rings. The fraction of sp³-hybridized carbons (Fsp3) is 0.167. The van der Waals surface area contributed by atoms with Gasteiger partial charge in [-0.2, -0.15) is 0 Å². The molecular weight excluding hydrogens is 328 g/mol. The number of urea groups is 1. The van der Waals surface area contributed by atoms with Crippen LogP contribution in [0.2, 0.25) is 5.02 Å². The van der Waals surface area contributed by atoms with Crippen LogP contribution in [0.4, 0.5) is 16.2 Å². The Morgan fingerprint density at radius 1 is 1.21 bits per heavy atom. The number of carbonyl (C=O) groups is 1. The molecule has 0 saturated heterocycles. The second-order valence-corrected chi connectivity index (χ2v) is 6.18. The summed E-state index contributed by atoms with van der Waals surface area (Å²) in [5.41, 5.74) is 1.36. The number of fused-ring (bicyclic) bond motifs is 1. The smallest absolute Gasteiger partial charge is 0.323 e. The van der Waals surface area contributed by atoms with Gasteiger partial charge in [-0.15, -0.1) is 0 Å². The average molecular weight is 345 g/mol. The van der Waals surface area contributed by atoms with E-state index >= 15 is 0 Å². The Hall–Kier alpha value is -2.50. The van der Waals surface area contributed by atoms with E-state index in [0.29, 0.717) is 22.1 Å². The first-order valence-corrected chi connectivity index (χ1v) is 7.82. The number of hydrogen-bond acceptors (Lipinski definition) is 3. The van der Waals surface area contributed by atoms with E-state index in [9.17, 15) is 9.90 Å². The summed E-state index contributed by atoms with van der Waals surface area (Å²) in [6, 6.07) is 11.9. The predicted molar refractivity (Wildman–Crippen MR) is 95.7 cm³/mol. The van der Waals surface area contributed by atoms with Crippen LogP contribution in [-0.2, 0) is 0 Å². The van der Waals surface area contributed by atoms with Crippen molar-refractivity contribution < 1.29 is 14.6 Å². The molecule has 3 rings (SSSR count). The summed E-state index contributed by atoms with van der Waals surface area (Å²) in [6.45, 7) is 1.70. The monoisotopic (exact) mass is 344 g/mol. The van der Waals surface area contributed by atoms with Crippen LogP contribution < -0.4 is 15.4 Å². The van der Waals surface area contributed by atoms with Crippen molar-refractivity contribution in [2.75, 3.05) is 17.2 Å². The van der Waals surface area contributed by atoms with Crippen LogP contribution in [0.5, 0.6) is 5.75 Å². The molecule has 24 heavy (non-hydrogen) atoms. The van der Waals surface area contributed by atoms with Gasteiger partial charge in [0.1, 0.15) is 11.4 Å². The number of ether oxygens (including phenoxy) is 1. The number of aliphatic hydroxyl groups is 1. The average Bonchev–Trinajstić information content (AvgIpc) is 2.55. The van der Waals surface area contributed by atoms with Crippen molar-refractivity contribution >= 4 is 35.1 Å². The van der Waals surface area contributed by atoms with E-state index < -0.39 is 5.60 Å². The third-order valence-electron chi connectivity index (χ3n) is 3.62. The zero-order valence-electron chi connectivity index (χ0n) is 13.0. The van der Waals surface area contributed by atoms with E-state index in [0.717, 1.165) is 5.56 Å². The summed E-state index contributed by atoms with van der Waals surface area (Å²) in [7, 11) is 0. The van der Waals surface area contributed by atoms with Crippen LogP contribution in [0.3, 0.4) is 0 Å². The highest BCUT2D eigenvalue weighted by atomic mass is 35.5. The predicted octanol–water partition coefficient (Wildman–Crippen LogP) is 4.14. The summed E-state index contributed by atoms with van der Waals surface area (Å²) in [5, 5.41) is 15.4. The van der Waals surface area contributed by atoms with Crippen molar-refractivity contribution in [3.8, 4) is 5.75 Å². The van der Waals surface area contributed by atoms with Gasteiger partial charge in [0.2, 0.25) is 0 Å². The molecule has 0 aliphatic carbocycles. The molecule has 1 heterocycles. The lowest BCUT2D eigenvalue weighted by molar-refractivity contribution is 0.0641. The van der Waals surface area contributed by atoms with Crippen molar-refractivity contribution in [2.24, 2.45) is 0 Å². The van der Waals surface area contributed by atoms with Crippen LogP contribution in [0, 0.1) is 0 Å². The van der Waals surface area contributed by atoms with E-state index in [-0.39, 0.29) is 12.6 Å². The number of carbonyl (C=O) groups excluding carboxylic acids is 1. The molecule has 1 aliphatic heterocycles. The quantitative estimate of drug-likeness (QED) is 0.783. The Balaban J connectivity index is 1.70. The number of aliphatic hydroxyl groups excluding tert-OH is 1. The van der Waals surface area contributed by atoms with Crippen LogP contribution in [0.25, 0.3) is 6.08 Å². The maximum atomic E-state index is 12.1. The van der Waals surface area contributed by atoms with Gasteiger partial charge >= 0.3 is 6.03 Å². The largest absolute Gasteiger partial charge is 0.480 e. The first-order chi connectivity index (χ1) is 11.5. The van der Waals surface area contributed by atoms with Crippen LogP contribution >= 0.6 is 11.6 Å². The third kappa shape index (κ3) is 3.69. The van der Waals surface area contributed by atoms with Crippen molar-refractivity contribution in [3.05, 3.63) is 59.1 Å². The molecular formula is C18H17ClN2O3. The standard InChI is InChI=1S/C18H17ClN2O3/c1-18(11-22)8-7-12-9-15(5-6-16(12)24-18)21-17(23)20-14-4-2-3-13(19)10-14/h2-10,22H,11H2,1H3,(H2,20,21,23). The molecule has 0 bridgehead atoms. The van der Waals surface area contributed by atoms with Gasteiger partial charge < -0.3 is 20.5 Å². The van der Waals surface area contributed by atoms with Crippen LogP contribution in [0.15, 0.2) is 48.5 Å². The summed E-state index contributed by atoms with van der Waals surface area (Å²) in [5.74, 6) is 0.662. The van der Waals surface area contributed by atoms with Gasteiger partial charge in [0.05, 0.1) is 6.61 Å². The number of halogens is 1. The van der Waals surface area contributed by atoms with E-state index in [1.165, 1.54) is 0 Å². The minimum absolute atomic E-state index is 0.106. The number of rotatable bonds is 3. The highest BCUT2D eigenvalue weighted by Gasteiger charge is 2.26. The molecule has 2 aromatic rings. The minimum Gasteiger partial charge on any atom is -0.480 e. The van der Waals surface area contributed by atoms with E-state index in [1.54, 1.807) is 55.5 Å². The molecule has 5 nitrogen and oxygen atoms in total. The van der Waals surface area contributed by atoms with Gasteiger partial charge in [-0.25, -0.2) is 4.79 Å². The maximum Gasteiger partial charge on any atom is 0.323 e. The summed E-state index contributed by atoms with van der Waals surface area (Å²) >= 11 is 5.89. The summed E-state index contributed by atoms with van der Waals surface area (Å²) in [6.07, 6.45) is 3.67. The lowest BCUT2D eigenvalue weighted by Gasteiger charge is -2.29. The van der Waals surface area contributed by atoms with E-state index in [1.807, 2.05) is 6.08 Å². The van der Waals surface area contributed by atoms with Crippen molar-refractivity contribution in [3.63, 3.8) is 0 Å². The molecule has 0 radical (unpaired) electrons. The number of benzene rings is 2. The van der Waals surface area contributed by atoms with Gasteiger partial charge in [-0.3, -0.25) is 0 Å². The molecule has 2 amide bonds. The lowest BCUT2D eigenvalue weighted by atomic mass is 10.0. The fourth-order valence-electron chi connectivity index (χ4n) is 2.35. The lowest BCUT2D eigenvalue weighted by Crippen LogP contribution is -2.35. The second kappa shape index (κ2) is 6.55. The Kier molecular flexibility index (Phi) is 4.46. The molecule has 1 unspecified atom stereocenters. The van der Waals surface area contributed by atoms with Gasteiger partial charge in [-0.05, 0) is 49.4 Å². The van der Waals surface area contributed by atoms with Crippen molar-refractivity contribution in [1.29, 1.82) is 0 Å². The van der Waals surface area contributed by atoms with Crippen LogP contribution in [-0.4, -0.2) is 23.3 Å². The fourth-order valence-corrected chi connectivity index (χ4v) is 2.54. The van der Waals surface area contributed by atoms with Gasteiger partial charge in [-0.1, -0.05) is 23.7 Å². The van der Waals surface area contributed by atoms with Gasteiger partial charge in [0.25, 0.3) is 0 Å². The summed E-state index contributed by atoms with van der Waals surface area (Å²) < 4.78 is 5.76. The highest BCUT2D eigenvalue weighted by molar-refractivity contribution is 6.30. The Morgan fingerprint density at radius 2 is 1.96 bits per heavy atom. The molecule has 6 heteroatoms. The number of nitrogens with one attached hydrogen (secondary N) is 2. The topological polar surface area (TPSA) is 70.6 Å². The SMILES string of the molecule is CC1(CO)C=Cc2cc(NC(=O)Nc3cccc(Cl)c3)ccc2O1. The van der Waals surface area contributed by atoms with Crippen molar-refractivity contribution in [2.45, 2.75) is 12.5 Å². The normalized spacial score (nSPS) is 18.5. The molecule has 124 valence electrons. The second-order valence-electron chi connectivity index (χ2n) is 5.75. The molecule has 1 atom stereocenters. The molecule has 3 N–H and O–H groups in total. The van der Waals surface area contributed by atoms with E-state index in [4.69, 9.17) is 16.3 Å². The first-order valence-electron chi connectivity index (χ1n) is 7.44. The Morgan fingerprint density at radius 3 is 2.67 bits per heavy atom. The number of anilines is 2. The molecule has 1 aliphatic rings. The molecule has 2 aromatic carbocycles. The van der Waals surface area contributed by atoms with Gasteiger partial charge in [0.15, 0.2) is 0 Å². The minimum atomic E-state index is -0.716. The van der Waals surface area contributed by atoms with Gasteiger partial charge in [0, 0.05) is 22.0 Å². The first kappa shape index (κ1) is 16.4. The van der Waals surface area contributed by atoms with Crippen molar-refractivity contribution in [1.82, 2.24) is 0 Å². The van der Waals surface area contributed by atoms with Crippen LogP contribution in [0.1, 0.15) is 12.5 Å².